The second-order valence-corrected chi connectivity index (χ2v) is 7.44. The van der Waals surface area contributed by atoms with Crippen molar-refractivity contribution in [2.24, 2.45) is 5.92 Å². The molecular formula is C11H17N3O4S2. The minimum atomic E-state index is -3.65. The number of nitrogens with zero attached hydrogens (tertiary/aromatic N) is 2. The van der Waals surface area contributed by atoms with Crippen LogP contribution in [0.1, 0.15) is 23.5 Å². The third-order valence-electron chi connectivity index (χ3n) is 3.15. The SMILES string of the molecule is Cc1csc(CNS(=O)(=O)N2CCC[C@H](C(=O)O)C2)n1. The first kappa shape index (κ1) is 15.4. The molecule has 0 aliphatic carbocycles. The summed E-state index contributed by atoms with van der Waals surface area (Å²) in [6, 6.07) is 0. The van der Waals surface area contributed by atoms with Gasteiger partial charge in [-0.05, 0) is 19.8 Å². The van der Waals surface area contributed by atoms with E-state index < -0.39 is 22.1 Å². The molecule has 1 aliphatic rings. The lowest BCUT2D eigenvalue weighted by atomic mass is 10.0. The highest BCUT2D eigenvalue weighted by atomic mass is 32.2. The molecule has 1 saturated heterocycles. The summed E-state index contributed by atoms with van der Waals surface area (Å²) in [5, 5.41) is 11.5. The van der Waals surface area contributed by atoms with E-state index in [0.717, 1.165) is 5.69 Å². The van der Waals surface area contributed by atoms with Crippen LogP contribution in [0, 0.1) is 12.8 Å². The van der Waals surface area contributed by atoms with Gasteiger partial charge in [-0.1, -0.05) is 0 Å². The fourth-order valence-corrected chi connectivity index (χ4v) is 4.14. The number of aromatic nitrogens is 1. The van der Waals surface area contributed by atoms with Gasteiger partial charge in [-0.15, -0.1) is 11.3 Å². The molecule has 112 valence electrons. The molecule has 2 heterocycles. The maximum Gasteiger partial charge on any atom is 0.307 e. The van der Waals surface area contributed by atoms with Crippen LogP contribution in [0.25, 0.3) is 0 Å². The molecule has 0 bridgehead atoms. The third kappa shape index (κ3) is 3.75. The molecule has 2 N–H and O–H groups in total. The highest BCUT2D eigenvalue weighted by Crippen LogP contribution is 2.19. The van der Waals surface area contributed by atoms with Crippen LogP contribution < -0.4 is 4.72 Å². The van der Waals surface area contributed by atoms with Crippen LogP contribution in [-0.4, -0.2) is 41.9 Å². The molecule has 0 radical (unpaired) electrons. The number of thiazole rings is 1. The van der Waals surface area contributed by atoms with Gasteiger partial charge >= 0.3 is 5.97 Å². The van der Waals surface area contributed by atoms with Gasteiger partial charge in [0.1, 0.15) is 5.01 Å². The number of hydrogen-bond donors (Lipinski definition) is 2. The highest BCUT2D eigenvalue weighted by Gasteiger charge is 2.32. The maximum absolute atomic E-state index is 12.1. The summed E-state index contributed by atoms with van der Waals surface area (Å²) in [5.74, 6) is -1.57. The van der Waals surface area contributed by atoms with E-state index >= 15 is 0 Å². The number of carboxylic acid groups (broad SMARTS) is 1. The van der Waals surface area contributed by atoms with Gasteiger partial charge in [-0.2, -0.15) is 17.4 Å². The van der Waals surface area contributed by atoms with Gasteiger partial charge in [-0.3, -0.25) is 4.79 Å². The summed E-state index contributed by atoms with van der Waals surface area (Å²) in [7, 11) is -3.65. The van der Waals surface area contributed by atoms with Crippen LogP contribution in [0.5, 0.6) is 0 Å². The van der Waals surface area contributed by atoms with Gasteiger partial charge in [0.05, 0.1) is 12.5 Å². The molecule has 9 heteroatoms. The number of hydrogen-bond acceptors (Lipinski definition) is 5. The van der Waals surface area contributed by atoms with Crippen LogP contribution in [0.4, 0.5) is 0 Å². The Bertz CT molecular complexity index is 584. The van der Waals surface area contributed by atoms with Crippen molar-refractivity contribution in [1.82, 2.24) is 14.0 Å². The van der Waals surface area contributed by atoms with E-state index in [4.69, 9.17) is 5.11 Å². The predicted molar refractivity (Wildman–Crippen MR) is 74.5 cm³/mol. The third-order valence-corrected chi connectivity index (χ3v) is 5.63. The van der Waals surface area contributed by atoms with E-state index in [9.17, 15) is 13.2 Å². The first-order chi connectivity index (χ1) is 9.38. The lowest BCUT2D eigenvalue weighted by Gasteiger charge is -2.29. The summed E-state index contributed by atoms with van der Waals surface area (Å²) in [4.78, 5) is 15.1. The van der Waals surface area contributed by atoms with Crippen LogP contribution in [-0.2, 0) is 21.5 Å². The lowest BCUT2D eigenvalue weighted by molar-refractivity contribution is -0.142. The van der Waals surface area contributed by atoms with Gasteiger partial charge in [0, 0.05) is 24.2 Å². The lowest BCUT2D eigenvalue weighted by Crippen LogP contribution is -2.47. The van der Waals surface area contributed by atoms with E-state index in [1.165, 1.54) is 15.6 Å². The van der Waals surface area contributed by atoms with Gasteiger partial charge in [-0.25, -0.2) is 4.98 Å². The zero-order chi connectivity index (χ0) is 14.8. The molecule has 20 heavy (non-hydrogen) atoms. The van der Waals surface area contributed by atoms with Crippen LogP contribution in [0.15, 0.2) is 5.38 Å². The van der Waals surface area contributed by atoms with E-state index in [2.05, 4.69) is 9.71 Å². The Labute approximate surface area is 121 Å². The van der Waals surface area contributed by atoms with E-state index in [-0.39, 0.29) is 13.1 Å². The van der Waals surface area contributed by atoms with E-state index in [1.807, 2.05) is 12.3 Å². The van der Waals surface area contributed by atoms with Crippen molar-refractivity contribution in [1.29, 1.82) is 0 Å². The van der Waals surface area contributed by atoms with Crippen molar-refractivity contribution in [2.45, 2.75) is 26.3 Å². The monoisotopic (exact) mass is 319 g/mol. The van der Waals surface area contributed by atoms with E-state index in [1.54, 1.807) is 0 Å². The molecule has 0 saturated carbocycles. The normalized spacial score (nSPS) is 20.9. The maximum atomic E-state index is 12.1. The standard InChI is InChI=1S/C11H17N3O4S2/c1-8-7-19-10(13-8)5-12-20(17,18)14-4-2-3-9(6-14)11(15)16/h7,9,12H,2-6H2,1H3,(H,15,16)/t9-/m0/s1. The largest absolute Gasteiger partial charge is 0.481 e. The minimum Gasteiger partial charge on any atom is -0.481 e. The van der Waals surface area contributed by atoms with Crippen molar-refractivity contribution in [3.05, 3.63) is 16.1 Å². The molecule has 0 unspecified atom stereocenters. The Hall–Kier alpha value is -1.03. The van der Waals surface area contributed by atoms with Crippen LogP contribution >= 0.6 is 11.3 Å². The molecule has 7 nitrogen and oxygen atoms in total. The number of carboxylic acids is 1. The quantitative estimate of drug-likeness (QED) is 0.827. The number of aryl methyl sites for hydroxylation is 1. The average Bonchev–Trinajstić information content (AvgIpc) is 2.82. The summed E-state index contributed by atoms with van der Waals surface area (Å²) in [6.45, 7) is 2.36. The van der Waals surface area contributed by atoms with Gasteiger partial charge in [0.15, 0.2) is 0 Å². The Morgan fingerprint density at radius 2 is 2.40 bits per heavy atom. The molecule has 1 aromatic heterocycles. The minimum absolute atomic E-state index is 0.0293. The highest BCUT2D eigenvalue weighted by molar-refractivity contribution is 7.87. The predicted octanol–water partition coefficient (Wildman–Crippen LogP) is 0.583. The van der Waals surface area contributed by atoms with Crippen molar-refractivity contribution < 1.29 is 18.3 Å². The van der Waals surface area contributed by atoms with Crippen LogP contribution in [0.2, 0.25) is 0 Å². The van der Waals surface area contributed by atoms with Gasteiger partial charge in [0.2, 0.25) is 0 Å². The first-order valence-electron chi connectivity index (χ1n) is 6.27. The molecular weight excluding hydrogens is 302 g/mol. The molecule has 1 atom stereocenters. The second-order valence-electron chi connectivity index (χ2n) is 4.74. The summed E-state index contributed by atoms with van der Waals surface area (Å²) < 4.78 is 27.9. The van der Waals surface area contributed by atoms with Crippen molar-refractivity contribution in [3.63, 3.8) is 0 Å². The topological polar surface area (TPSA) is 99.6 Å². The smallest absolute Gasteiger partial charge is 0.307 e. The molecule has 2 rings (SSSR count). The fourth-order valence-electron chi connectivity index (χ4n) is 2.09. The summed E-state index contributed by atoms with van der Waals surface area (Å²) in [6.07, 6.45) is 1.08. The Morgan fingerprint density at radius 3 is 3.00 bits per heavy atom. The van der Waals surface area contributed by atoms with Crippen molar-refractivity contribution in [3.8, 4) is 0 Å². The number of rotatable bonds is 5. The first-order valence-corrected chi connectivity index (χ1v) is 8.59. The molecule has 0 aromatic carbocycles. The van der Waals surface area contributed by atoms with Gasteiger partial charge < -0.3 is 5.11 Å². The number of carbonyl (C=O) groups is 1. The molecule has 0 amide bonds. The molecule has 1 aromatic rings. The zero-order valence-electron chi connectivity index (χ0n) is 11.1. The average molecular weight is 319 g/mol. The summed E-state index contributed by atoms with van der Waals surface area (Å²) in [5.41, 5.74) is 0.855. The second kappa shape index (κ2) is 6.17. The Morgan fingerprint density at radius 1 is 1.65 bits per heavy atom. The van der Waals surface area contributed by atoms with Crippen LogP contribution in [0.3, 0.4) is 0 Å². The van der Waals surface area contributed by atoms with Crippen molar-refractivity contribution >= 4 is 27.5 Å². The summed E-state index contributed by atoms with van der Waals surface area (Å²) >= 11 is 1.39. The Kier molecular flexibility index (Phi) is 4.74. The zero-order valence-corrected chi connectivity index (χ0v) is 12.7. The molecule has 0 spiro atoms. The molecule has 1 fully saturated rings. The van der Waals surface area contributed by atoms with Crippen molar-refractivity contribution in [2.75, 3.05) is 13.1 Å². The fraction of sp³-hybridized carbons (Fsp3) is 0.636. The molecule has 1 aliphatic heterocycles. The van der Waals surface area contributed by atoms with E-state index in [0.29, 0.717) is 24.4 Å². The Balaban J connectivity index is 1.97. The number of nitrogens with one attached hydrogen (secondary N) is 1. The number of piperidine rings is 1. The number of aliphatic carboxylic acids is 1. The van der Waals surface area contributed by atoms with Gasteiger partial charge in [0.25, 0.3) is 10.2 Å².